The van der Waals surface area contributed by atoms with Gasteiger partial charge in [-0.3, -0.25) is 4.79 Å². The first-order chi connectivity index (χ1) is 7.27. The number of carboxylic acids is 1. The molecule has 0 saturated heterocycles. The van der Waals surface area contributed by atoms with Crippen molar-refractivity contribution in [3.63, 3.8) is 0 Å². The second-order valence-electron chi connectivity index (χ2n) is 4.23. The van der Waals surface area contributed by atoms with Gasteiger partial charge < -0.3 is 9.84 Å². The molecule has 0 unspecified atom stereocenters. The molecule has 1 saturated carbocycles. The third-order valence-corrected chi connectivity index (χ3v) is 3.72. The van der Waals surface area contributed by atoms with Gasteiger partial charge in [0.1, 0.15) is 5.54 Å². The summed E-state index contributed by atoms with van der Waals surface area (Å²) in [6.07, 6.45) is 0.670. The normalized spacial score (nSPS) is 18.7. The highest BCUT2D eigenvalue weighted by Gasteiger charge is 2.52. The van der Waals surface area contributed by atoms with E-state index in [0.29, 0.717) is 12.8 Å². The largest absolute Gasteiger partial charge is 0.480 e. The SMILES string of the molecule is CC(C)OCCS(=O)(=O)NC1(C(=O)O)CC1. The Morgan fingerprint density at radius 1 is 1.50 bits per heavy atom. The topological polar surface area (TPSA) is 92.7 Å². The molecule has 0 radical (unpaired) electrons. The molecule has 1 fully saturated rings. The molecule has 0 bridgehead atoms. The van der Waals surface area contributed by atoms with Gasteiger partial charge in [-0.2, -0.15) is 4.72 Å². The number of rotatable bonds is 7. The summed E-state index contributed by atoms with van der Waals surface area (Å²) >= 11 is 0. The summed E-state index contributed by atoms with van der Waals surface area (Å²) < 4.78 is 30.4. The van der Waals surface area contributed by atoms with E-state index >= 15 is 0 Å². The van der Waals surface area contributed by atoms with Crippen LogP contribution in [0.2, 0.25) is 0 Å². The fourth-order valence-electron chi connectivity index (χ4n) is 1.23. The lowest BCUT2D eigenvalue weighted by Gasteiger charge is -2.13. The molecule has 0 aliphatic heterocycles. The van der Waals surface area contributed by atoms with E-state index in [0.717, 1.165) is 0 Å². The number of carbonyl (C=O) groups is 1. The predicted octanol–water partition coefficient (Wildman–Crippen LogP) is -0.0520. The van der Waals surface area contributed by atoms with Crippen LogP contribution < -0.4 is 4.72 Å². The number of hydrogen-bond acceptors (Lipinski definition) is 4. The highest BCUT2D eigenvalue weighted by atomic mass is 32.2. The van der Waals surface area contributed by atoms with Crippen LogP contribution in [0.5, 0.6) is 0 Å². The van der Waals surface area contributed by atoms with Crippen molar-refractivity contribution < 1.29 is 23.1 Å². The summed E-state index contributed by atoms with van der Waals surface area (Å²) in [6, 6.07) is 0. The minimum absolute atomic E-state index is 0.0374. The summed E-state index contributed by atoms with van der Waals surface area (Å²) in [5, 5.41) is 8.82. The van der Waals surface area contributed by atoms with Gasteiger partial charge in [0.2, 0.25) is 10.0 Å². The van der Waals surface area contributed by atoms with E-state index in [1.165, 1.54) is 0 Å². The first-order valence-electron chi connectivity index (χ1n) is 5.14. The highest BCUT2D eigenvalue weighted by molar-refractivity contribution is 7.89. The zero-order valence-corrected chi connectivity index (χ0v) is 10.2. The fourth-order valence-corrected chi connectivity index (χ4v) is 2.53. The van der Waals surface area contributed by atoms with E-state index in [9.17, 15) is 13.2 Å². The summed E-state index contributed by atoms with van der Waals surface area (Å²) in [5.41, 5.74) is -1.25. The maximum Gasteiger partial charge on any atom is 0.324 e. The summed E-state index contributed by atoms with van der Waals surface area (Å²) in [5.74, 6) is -1.32. The van der Waals surface area contributed by atoms with E-state index < -0.39 is 21.5 Å². The number of carboxylic acid groups (broad SMARTS) is 1. The van der Waals surface area contributed by atoms with Crippen LogP contribution in [0, 0.1) is 0 Å². The van der Waals surface area contributed by atoms with Gasteiger partial charge in [-0.1, -0.05) is 0 Å². The molecule has 0 aromatic rings. The van der Waals surface area contributed by atoms with Crippen LogP contribution in [0.25, 0.3) is 0 Å². The lowest BCUT2D eigenvalue weighted by molar-refractivity contribution is -0.140. The Bertz CT molecular complexity index is 358. The van der Waals surface area contributed by atoms with Crippen molar-refractivity contribution in [3.05, 3.63) is 0 Å². The van der Waals surface area contributed by atoms with E-state index in [4.69, 9.17) is 9.84 Å². The standard InChI is InChI=1S/C9H17NO5S/c1-7(2)15-5-6-16(13,14)10-9(3-4-9)8(11)12/h7,10H,3-6H2,1-2H3,(H,11,12). The Balaban J connectivity index is 2.44. The molecule has 0 aromatic heterocycles. The number of hydrogen-bond donors (Lipinski definition) is 2. The summed E-state index contributed by atoms with van der Waals surface area (Å²) in [6.45, 7) is 3.68. The monoisotopic (exact) mass is 251 g/mol. The molecular weight excluding hydrogens is 234 g/mol. The number of aliphatic carboxylic acids is 1. The molecule has 94 valence electrons. The molecule has 0 heterocycles. The van der Waals surface area contributed by atoms with Crippen LogP contribution in [0.4, 0.5) is 0 Å². The molecule has 0 aromatic carbocycles. The molecule has 1 rings (SSSR count). The summed E-state index contributed by atoms with van der Waals surface area (Å²) in [4.78, 5) is 10.8. The van der Waals surface area contributed by atoms with Crippen molar-refractivity contribution in [3.8, 4) is 0 Å². The van der Waals surface area contributed by atoms with Gasteiger partial charge in [-0.05, 0) is 26.7 Å². The minimum atomic E-state index is -3.57. The molecular formula is C9H17NO5S. The lowest BCUT2D eigenvalue weighted by atomic mass is 10.3. The number of sulfonamides is 1. The molecule has 0 atom stereocenters. The van der Waals surface area contributed by atoms with Crippen LogP contribution in [0.3, 0.4) is 0 Å². The molecule has 0 amide bonds. The predicted molar refractivity (Wildman–Crippen MR) is 57.6 cm³/mol. The zero-order chi connectivity index (χ0) is 12.4. The number of nitrogens with one attached hydrogen (secondary N) is 1. The van der Waals surface area contributed by atoms with Crippen molar-refractivity contribution in [1.29, 1.82) is 0 Å². The van der Waals surface area contributed by atoms with Gasteiger partial charge in [0.15, 0.2) is 0 Å². The molecule has 6 nitrogen and oxygen atoms in total. The average Bonchev–Trinajstić information content (AvgIpc) is 2.83. The van der Waals surface area contributed by atoms with Crippen LogP contribution in [0.1, 0.15) is 26.7 Å². The first kappa shape index (κ1) is 13.4. The Hall–Kier alpha value is -0.660. The first-order valence-corrected chi connectivity index (χ1v) is 6.79. The Kier molecular flexibility index (Phi) is 3.92. The fraction of sp³-hybridized carbons (Fsp3) is 0.889. The molecule has 0 spiro atoms. The van der Waals surface area contributed by atoms with Gasteiger partial charge in [-0.25, -0.2) is 8.42 Å². The number of ether oxygens (including phenoxy) is 1. The van der Waals surface area contributed by atoms with Crippen molar-refractivity contribution in [1.82, 2.24) is 4.72 Å². The zero-order valence-electron chi connectivity index (χ0n) is 9.39. The van der Waals surface area contributed by atoms with Crippen molar-refractivity contribution >= 4 is 16.0 Å². The van der Waals surface area contributed by atoms with Crippen molar-refractivity contribution in [2.45, 2.75) is 38.3 Å². The molecule has 16 heavy (non-hydrogen) atoms. The van der Waals surface area contributed by atoms with E-state index in [1.807, 2.05) is 0 Å². The molecule has 1 aliphatic carbocycles. The van der Waals surface area contributed by atoms with Gasteiger partial charge in [-0.15, -0.1) is 0 Å². The van der Waals surface area contributed by atoms with Crippen molar-refractivity contribution in [2.75, 3.05) is 12.4 Å². The quantitative estimate of drug-likeness (QED) is 0.661. The average molecular weight is 251 g/mol. The van der Waals surface area contributed by atoms with E-state index in [1.54, 1.807) is 13.8 Å². The Labute approximate surface area is 95.0 Å². The maximum absolute atomic E-state index is 11.5. The van der Waals surface area contributed by atoms with Crippen LogP contribution in [-0.2, 0) is 19.6 Å². The third-order valence-electron chi connectivity index (χ3n) is 2.31. The van der Waals surface area contributed by atoms with Gasteiger partial charge >= 0.3 is 5.97 Å². The molecule has 7 heteroatoms. The van der Waals surface area contributed by atoms with Crippen LogP contribution in [0.15, 0.2) is 0 Å². The van der Waals surface area contributed by atoms with Gasteiger partial charge in [0.25, 0.3) is 0 Å². The van der Waals surface area contributed by atoms with Gasteiger partial charge in [0.05, 0.1) is 18.5 Å². The summed E-state index contributed by atoms with van der Waals surface area (Å²) in [7, 11) is -3.57. The molecule has 2 N–H and O–H groups in total. The second-order valence-corrected chi connectivity index (χ2v) is 6.07. The third kappa shape index (κ3) is 3.73. The van der Waals surface area contributed by atoms with E-state index in [2.05, 4.69) is 4.72 Å². The van der Waals surface area contributed by atoms with Crippen molar-refractivity contribution in [2.24, 2.45) is 0 Å². The molecule has 1 aliphatic rings. The second kappa shape index (κ2) is 4.68. The maximum atomic E-state index is 11.5. The Morgan fingerprint density at radius 2 is 2.06 bits per heavy atom. The van der Waals surface area contributed by atoms with Gasteiger partial charge in [0, 0.05) is 0 Å². The smallest absolute Gasteiger partial charge is 0.324 e. The Morgan fingerprint density at radius 3 is 2.44 bits per heavy atom. The van der Waals surface area contributed by atoms with Crippen LogP contribution >= 0.6 is 0 Å². The van der Waals surface area contributed by atoms with E-state index in [-0.39, 0.29) is 18.5 Å². The lowest BCUT2D eigenvalue weighted by Crippen LogP contribution is -2.44. The highest BCUT2D eigenvalue weighted by Crippen LogP contribution is 2.36. The minimum Gasteiger partial charge on any atom is -0.480 e. The van der Waals surface area contributed by atoms with Crippen LogP contribution in [-0.4, -0.2) is 43.5 Å².